The number of nitrogens with zero attached hydrogens (tertiary/aromatic N) is 4. The molecule has 0 aliphatic carbocycles. The molecule has 9 nitrogen and oxygen atoms in total. The van der Waals surface area contributed by atoms with Gasteiger partial charge in [-0.3, -0.25) is 10.4 Å². The van der Waals surface area contributed by atoms with Crippen LogP contribution in [0.25, 0.3) is 10.8 Å². The number of ether oxygens (including phenoxy) is 4. The first-order valence-electron chi connectivity index (χ1n) is 9.46. The molecule has 0 amide bonds. The van der Waals surface area contributed by atoms with Crippen molar-refractivity contribution in [3.8, 4) is 35.1 Å². The number of aromatic nitrogens is 1. The molecule has 3 aromatic rings. The molecule has 1 aromatic heterocycles. The van der Waals surface area contributed by atoms with Gasteiger partial charge < -0.3 is 18.9 Å². The van der Waals surface area contributed by atoms with Crippen molar-refractivity contribution in [2.75, 3.05) is 33.9 Å². The van der Waals surface area contributed by atoms with Crippen LogP contribution in [0.4, 0.5) is 5.69 Å². The standard InChI is InChI=1S/C23H21N5O4/c1-29-20-8-14-5-6-26-19(17(14)10-22(20)31-3)7-15-9-21(30-2)23(32-4)11-18(15)28-27-16(12-24)13-25/h5-6,8-11,28H,7H2,1-4H3. The molecule has 9 heteroatoms. The van der Waals surface area contributed by atoms with Gasteiger partial charge in [-0.1, -0.05) is 0 Å². The van der Waals surface area contributed by atoms with Gasteiger partial charge in [0.05, 0.1) is 39.8 Å². The van der Waals surface area contributed by atoms with Gasteiger partial charge in [-0.15, -0.1) is 0 Å². The van der Waals surface area contributed by atoms with Crippen molar-refractivity contribution in [1.82, 2.24) is 4.98 Å². The second-order valence-corrected chi connectivity index (χ2v) is 6.52. The van der Waals surface area contributed by atoms with Crippen molar-refractivity contribution >= 4 is 22.2 Å². The lowest BCUT2D eigenvalue weighted by molar-refractivity contribution is 0.355. The van der Waals surface area contributed by atoms with Gasteiger partial charge in [0, 0.05) is 24.1 Å². The molecule has 1 N–H and O–H groups in total. The second kappa shape index (κ2) is 10.0. The molecule has 2 aromatic carbocycles. The highest BCUT2D eigenvalue weighted by atomic mass is 16.5. The lowest BCUT2D eigenvalue weighted by Gasteiger charge is -2.16. The van der Waals surface area contributed by atoms with E-state index in [1.807, 2.05) is 18.2 Å². The maximum absolute atomic E-state index is 8.98. The van der Waals surface area contributed by atoms with Gasteiger partial charge in [0.1, 0.15) is 12.1 Å². The third kappa shape index (κ3) is 4.47. The summed E-state index contributed by atoms with van der Waals surface area (Å²) in [6.07, 6.45) is 2.12. The van der Waals surface area contributed by atoms with Gasteiger partial charge in [-0.05, 0) is 35.2 Å². The number of rotatable bonds is 8. The number of hydrazone groups is 1. The average Bonchev–Trinajstić information content (AvgIpc) is 2.84. The van der Waals surface area contributed by atoms with E-state index in [0.717, 1.165) is 22.0 Å². The number of nitriles is 2. The molecule has 0 spiro atoms. The molecule has 0 unspecified atom stereocenters. The third-order valence-electron chi connectivity index (χ3n) is 4.82. The molecule has 162 valence electrons. The number of hydrogen-bond donors (Lipinski definition) is 1. The smallest absolute Gasteiger partial charge is 0.237 e. The van der Waals surface area contributed by atoms with Crippen LogP contribution in [0.1, 0.15) is 11.3 Å². The molecule has 0 atom stereocenters. The summed E-state index contributed by atoms with van der Waals surface area (Å²) in [5.74, 6) is 2.22. The lowest BCUT2D eigenvalue weighted by atomic mass is 10.0. The van der Waals surface area contributed by atoms with E-state index in [9.17, 15) is 0 Å². The van der Waals surface area contributed by atoms with E-state index in [4.69, 9.17) is 29.5 Å². The molecule has 0 saturated heterocycles. The molecule has 0 radical (unpaired) electrons. The van der Waals surface area contributed by atoms with Crippen LogP contribution in [0, 0.1) is 22.7 Å². The van der Waals surface area contributed by atoms with E-state index in [1.165, 1.54) is 7.11 Å². The number of methoxy groups -OCH3 is 4. The van der Waals surface area contributed by atoms with Crippen molar-refractivity contribution in [3.63, 3.8) is 0 Å². The molecule has 0 fully saturated rings. The number of fused-ring (bicyclic) bond motifs is 1. The summed E-state index contributed by atoms with van der Waals surface area (Å²) in [7, 11) is 6.23. The summed E-state index contributed by atoms with van der Waals surface area (Å²) < 4.78 is 21.7. The van der Waals surface area contributed by atoms with Crippen molar-refractivity contribution in [2.24, 2.45) is 5.10 Å². The second-order valence-electron chi connectivity index (χ2n) is 6.52. The fourth-order valence-corrected chi connectivity index (χ4v) is 3.24. The molecular weight excluding hydrogens is 410 g/mol. The molecule has 0 saturated carbocycles. The Morgan fingerprint density at radius 2 is 1.50 bits per heavy atom. The maximum Gasteiger partial charge on any atom is 0.237 e. The molecule has 0 aliphatic rings. The van der Waals surface area contributed by atoms with E-state index in [2.05, 4.69) is 15.5 Å². The Morgan fingerprint density at radius 1 is 0.906 bits per heavy atom. The Labute approximate surface area is 185 Å². The average molecular weight is 431 g/mol. The summed E-state index contributed by atoms with van der Waals surface area (Å²) in [6, 6.07) is 12.6. The Kier molecular flexibility index (Phi) is 6.94. The molecular formula is C23H21N5O4. The Hall–Kier alpha value is -4.50. The fraction of sp³-hybridized carbons (Fsp3) is 0.217. The zero-order valence-corrected chi connectivity index (χ0v) is 18.1. The quantitative estimate of drug-likeness (QED) is 0.423. The maximum atomic E-state index is 8.98. The minimum Gasteiger partial charge on any atom is -0.493 e. The molecule has 3 rings (SSSR count). The topological polar surface area (TPSA) is 122 Å². The third-order valence-corrected chi connectivity index (χ3v) is 4.82. The molecule has 1 heterocycles. The van der Waals surface area contributed by atoms with E-state index in [-0.39, 0.29) is 5.71 Å². The van der Waals surface area contributed by atoms with E-state index in [0.29, 0.717) is 35.1 Å². The number of pyridine rings is 1. The van der Waals surface area contributed by atoms with Gasteiger partial charge in [0.25, 0.3) is 0 Å². The van der Waals surface area contributed by atoms with Crippen molar-refractivity contribution in [2.45, 2.75) is 6.42 Å². The summed E-state index contributed by atoms with van der Waals surface area (Å²) in [4.78, 5) is 4.56. The van der Waals surface area contributed by atoms with Crippen molar-refractivity contribution < 1.29 is 18.9 Å². The normalized spacial score (nSPS) is 9.94. The summed E-state index contributed by atoms with van der Waals surface area (Å²) >= 11 is 0. The minimum absolute atomic E-state index is 0.300. The number of nitrogens with one attached hydrogen (secondary N) is 1. The first kappa shape index (κ1) is 22.2. The first-order chi connectivity index (χ1) is 15.6. The number of hydrogen-bond acceptors (Lipinski definition) is 9. The number of anilines is 1. The van der Waals surface area contributed by atoms with Crippen molar-refractivity contribution in [1.29, 1.82) is 10.5 Å². The molecule has 0 bridgehead atoms. The monoisotopic (exact) mass is 431 g/mol. The Balaban J connectivity index is 2.13. The zero-order chi connectivity index (χ0) is 23.1. The van der Waals surface area contributed by atoms with Crippen LogP contribution in [-0.4, -0.2) is 39.1 Å². The zero-order valence-electron chi connectivity index (χ0n) is 18.1. The minimum atomic E-state index is -0.300. The Morgan fingerprint density at radius 3 is 2.12 bits per heavy atom. The Bertz CT molecular complexity index is 1240. The fourth-order valence-electron chi connectivity index (χ4n) is 3.24. The van der Waals surface area contributed by atoms with Crippen molar-refractivity contribution in [3.05, 3.63) is 47.8 Å². The molecule has 32 heavy (non-hydrogen) atoms. The summed E-state index contributed by atoms with van der Waals surface area (Å²) in [5, 5.41) is 23.7. The van der Waals surface area contributed by atoms with Gasteiger partial charge in [0.15, 0.2) is 23.0 Å². The SMILES string of the molecule is COc1cc(Cc2nccc3cc(OC)c(OC)cc23)c(NN=C(C#N)C#N)cc1OC. The van der Waals surface area contributed by atoms with E-state index >= 15 is 0 Å². The van der Waals surface area contributed by atoms with Crippen LogP contribution < -0.4 is 24.4 Å². The largest absolute Gasteiger partial charge is 0.493 e. The van der Waals surface area contributed by atoms with Crippen LogP contribution in [0.5, 0.6) is 23.0 Å². The first-order valence-corrected chi connectivity index (χ1v) is 9.46. The van der Waals surface area contributed by atoms with E-state index in [1.54, 1.807) is 51.8 Å². The highest BCUT2D eigenvalue weighted by Gasteiger charge is 2.15. The lowest BCUT2D eigenvalue weighted by Crippen LogP contribution is -2.03. The summed E-state index contributed by atoms with van der Waals surface area (Å²) in [5.41, 5.74) is 4.59. The van der Waals surface area contributed by atoms with Gasteiger partial charge in [0.2, 0.25) is 5.71 Å². The molecule has 0 aliphatic heterocycles. The van der Waals surface area contributed by atoms with Crippen LogP contribution in [0.2, 0.25) is 0 Å². The van der Waals surface area contributed by atoms with Gasteiger partial charge in [-0.25, -0.2) is 0 Å². The van der Waals surface area contributed by atoms with Gasteiger partial charge >= 0.3 is 0 Å². The highest BCUT2D eigenvalue weighted by molar-refractivity contribution is 6.10. The summed E-state index contributed by atoms with van der Waals surface area (Å²) in [6.45, 7) is 0. The number of benzene rings is 2. The van der Waals surface area contributed by atoms with Crippen LogP contribution in [0.3, 0.4) is 0 Å². The van der Waals surface area contributed by atoms with E-state index < -0.39 is 0 Å². The van der Waals surface area contributed by atoms with Crippen LogP contribution >= 0.6 is 0 Å². The highest BCUT2D eigenvalue weighted by Crippen LogP contribution is 2.37. The predicted octanol–water partition coefficient (Wildman–Crippen LogP) is 3.68. The predicted molar refractivity (Wildman–Crippen MR) is 119 cm³/mol. The van der Waals surface area contributed by atoms with Gasteiger partial charge in [-0.2, -0.15) is 15.6 Å². The van der Waals surface area contributed by atoms with Crippen LogP contribution in [-0.2, 0) is 6.42 Å². The van der Waals surface area contributed by atoms with Crippen LogP contribution in [0.15, 0.2) is 41.6 Å².